The number of nitriles is 1. The molecule has 0 atom stereocenters. The standard InChI is InChI=1S/C18H22N4O2S/c1-22-11-16(10-20-17-7-14(8-17)12-25(2,23)24)18(21-22)15-5-3-13(9-19)4-6-15/h3-6,11,14,17,20H,7-8,10,12H2,1-2H3. The van der Waals surface area contributed by atoms with E-state index in [0.717, 1.165) is 29.7 Å². The number of benzene rings is 1. The summed E-state index contributed by atoms with van der Waals surface area (Å²) in [4.78, 5) is 0. The summed E-state index contributed by atoms with van der Waals surface area (Å²) in [6.45, 7) is 0.694. The molecular weight excluding hydrogens is 336 g/mol. The third-order valence-electron chi connectivity index (χ3n) is 4.55. The van der Waals surface area contributed by atoms with Crippen LogP contribution in [0, 0.1) is 17.2 Å². The summed E-state index contributed by atoms with van der Waals surface area (Å²) in [6.07, 6.45) is 5.10. The van der Waals surface area contributed by atoms with Crippen LogP contribution in [0.2, 0.25) is 0 Å². The van der Waals surface area contributed by atoms with Crippen molar-refractivity contribution in [2.45, 2.75) is 25.4 Å². The monoisotopic (exact) mass is 358 g/mol. The topological polar surface area (TPSA) is 87.8 Å². The number of hydrogen-bond donors (Lipinski definition) is 1. The Morgan fingerprint density at radius 2 is 2.00 bits per heavy atom. The van der Waals surface area contributed by atoms with E-state index in [0.29, 0.717) is 18.2 Å². The number of hydrogen-bond acceptors (Lipinski definition) is 5. The van der Waals surface area contributed by atoms with Crippen LogP contribution in [0.15, 0.2) is 30.5 Å². The lowest BCUT2D eigenvalue weighted by atomic mass is 9.81. The molecule has 1 aliphatic carbocycles. The molecule has 1 aliphatic rings. The van der Waals surface area contributed by atoms with Crippen molar-refractivity contribution in [1.29, 1.82) is 5.26 Å². The second-order valence-electron chi connectivity index (χ2n) is 6.87. The fraction of sp³-hybridized carbons (Fsp3) is 0.444. The van der Waals surface area contributed by atoms with Gasteiger partial charge in [0, 0.05) is 43.2 Å². The lowest BCUT2D eigenvalue weighted by molar-refractivity contribution is 0.242. The predicted octanol–water partition coefficient (Wildman–Crippen LogP) is 1.87. The molecule has 0 spiro atoms. The lowest BCUT2D eigenvalue weighted by Crippen LogP contribution is -2.43. The van der Waals surface area contributed by atoms with E-state index in [2.05, 4.69) is 16.5 Å². The van der Waals surface area contributed by atoms with Gasteiger partial charge in [0.15, 0.2) is 0 Å². The van der Waals surface area contributed by atoms with Crippen LogP contribution < -0.4 is 5.32 Å². The molecule has 2 aromatic rings. The maximum atomic E-state index is 11.3. The van der Waals surface area contributed by atoms with Crippen LogP contribution >= 0.6 is 0 Å². The van der Waals surface area contributed by atoms with Crippen molar-refractivity contribution in [1.82, 2.24) is 15.1 Å². The van der Waals surface area contributed by atoms with E-state index in [-0.39, 0.29) is 11.7 Å². The molecule has 1 aromatic carbocycles. The second kappa shape index (κ2) is 6.98. The number of nitrogens with one attached hydrogen (secondary N) is 1. The number of aryl methyl sites for hydroxylation is 1. The van der Waals surface area contributed by atoms with Crippen molar-refractivity contribution in [3.8, 4) is 17.3 Å². The van der Waals surface area contributed by atoms with Gasteiger partial charge in [-0.2, -0.15) is 10.4 Å². The molecule has 1 heterocycles. The molecule has 1 N–H and O–H groups in total. The van der Waals surface area contributed by atoms with Gasteiger partial charge in [-0.25, -0.2) is 8.42 Å². The highest BCUT2D eigenvalue weighted by atomic mass is 32.2. The van der Waals surface area contributed by atoms with Gasteiger partial charge >= 0.3 is 0 Å². The lowest BCUT2D eigenvalue weighted by Gasteiger charge is -2.35. The minimum absolute atomic E-state index is 0.277. The summed E-state index contributed by atoms with van der Waals surface area (Å²) >= 11 is 0. The van der Waals surface area contributed by atoms with Gasteiger partial charge in [-0.15, -0.1) is 0 Å². The van der Waals surface area contributed by atoms with Crippen molar-refractivity contribution < 1.29 is 8.42 Å². The van der Waals surface area contributed by atoms with Gasteiger partial charge in [-0.05, 0) is 30.9 Å². The number of nitrogens with zero attached hydrogens (tertiary/aromatic N) is 3. The Bertz CT molecular complexity index is 888. The largest absolute Gasteiger partial charge is 0.310 e. The van der Waals surface area contributed by atoms with Gasteiger partial charge in [0.1, 0.15) is 9.84 Å². The summed E-state index contributed by atoms with van der Waals surface area (Å²) < 4.78 is 24.4. The van der Waals surface area contributed by atoms with Crippen molar-refractivity contribution >= 4 is 9.84 Å². The molecule has 3 rings (SSSR count). The first-order valence-corrected chi connectivity index (χ1v) is 10.3. The molecule has 0 aliphatic heterocycles. The molecule has 1 aromatic heterocycles. The minimum Gasteiger partial charge on any atom is -0.310 e. The fourth-order valence-electron chi connectivity index (χ4n) is 3.33. The Morgan fingerprint density at radius 1 is 1.32 bits per heavy atom. The van der Waals surface area contributed by atoms with Crippen molar-refractivity contribution in [2.75, 3.05) is 12.0 Å². The average Bonchev–Trinajstić information content (AvgIpc) is 2.89. The predicted molar refractivity (Wildman–Crippen MR) is 96.4 cm³/mol. The van der Waals surface area contributed by atoms with Crippen molar-refractivity contribution in [3.05, 3.63) is 41.6 Å². The first kappa shape index (κ1) is 17.6. The van der Waals surface area contributed by atoms with E-state index in [1.54, 1.807) is 16.8 Å². The normalized spacial score (nSPS) is 20.0. The summed E-state index contributed by atoms with van der Waals surface area (Å²) in [5.41, 5.74) is 3.62. The zero-order valence-corrected chi connectivity index (χ0v) is 15.3. The summed E-state index contributed by atoms with van der Waals surface area (Å²) in [6, 6.07) is 9.90. The first-order valence-electron chi connectivity index (χ1n) is 8.28. The van der Waals surface area contributed by atoms with Crippen molar-refractivity contribution in [3.63, 3.8) is 0 Å². The molecule has 1 fully saturated rings. The molecule has 7 heteroatoms. The van der Waals surface area contributed by atoms with Crippen LogP contribution in [0.3, 0.4) is 0 Å². The smallest absolute Gasteiger partial charge is 0.147 e. The summed E-state index contributed by atoms with van der Waals surface area (Å²) in [5.74, 6) is 0.563. The van der Waals surface area contributed by atoms with Gasteiger partial charge in [-0.1, -0.05) is 12.1 Å². The van der Waals surface area contributed by atoms with Gasteiger partial charge in [0.25, 0.3) is 0 Å². The Labute approximate surface area is 148 Å². The van der Waals surface area contributed by atoms with E-state index in [4.69, 9.17) is 5.26 Å². The molecule has 1 saturated carbocycles. The van der Waals surface area contributed by atoms with Crippen LogP contribution in [0.25, 0.3) is 11.3 Å². The van der Waals surface area contributed by atoms with E-state index >= 15 is 0 Å². The quantitative estimate of drug-likeness (QED) is 0.852. The highest BCUT2D eigenvalue weighted by Gasteiger charge is 2.31. The van der Waals surface area contributed by atoms with Crippen LogP contribution in [0.4, 0.5) is 0 Å². The van der Waals surface area contributed by atoms with E-state index in [1.165, 1.54) is 6.26 Å². The van der Waals surface area contributed by atoms with Gasteiger partial charge < -0.3 is 5.32 Å². The summed E-state index contributed by atoms with van der Waals surface area (Å²) in [7, 11) is -0.993. The van der Waals surface area contributed by atoms with E-state index in [9.17, 15) is 8.42 Å². The zero-order chi connectivity index (χ0) is 18.0. The Balaban J connectivity index is 1.61. The third kappa shape index (κ3) is 4.47. The minimum atomic E-state index is -2.88. The molecule has 0 bridgehead atoms. The Hall–Kier alpha value is -2.17. The Kier molecular flexibility index (Phi) is 4.93. The van der Waals surface area contributed by atoms with Gasteiger partial charge in [0.05, 0.1) is 23.1 Å². The molecule has 0 saturated heterocycles. The van der Waals surface area contributed by atoms with Crippen molar-refractivity contribution in [2.24, 2.45) is 13.0 Å². The average molecular weight is 358 g/mol. The number of rotatable bonds is 6. The van der Waals surface area contributed by atoms with E-state index in [1.807, 2.05) is 25.4 Å². The van der Waals surface area contributed by atoms with Gasteiger partial charge in [0.2, 0.25) is 0 Å². The fourth-order valence-corrected chi connectivity index (χ4v) is 4.46. The SMILES string of the molecule is Cn1cc(CNC2CC(CS(C)(=O)=O)C2)c(-c2ccc(C#N)cc2)n1. The highest BCUT2D eigenvalue weighted by molar-refractivity contribution is 7.90. The van der Waals surface area contributed by atoms with Crippen LogP contribution in [-0.2, 0) is 23.4 Å². The molecule has 132 valence electrons. The number of aromatic nitrogens is 2. The third-order valence-corrected chi connectivity index (χ3v) is 5.62. The zero-order valence-electron chi connectivity index (χ0n) is 14.4. The molecule has 0 radical (unpaired) electrons. The maximum absolute atomic E-state index is 11.3. The number of sulfone groups is 1. The molecular formula is C18H22N4O2S. The maximum Gasteiger partial charge on any atom is 0.147 e. The van der Waals surface area contributed by atoms with Crippen LogP contribution in [-0.4, -0.2) is 36.2 Å². The molecule has 6 nitrogen and oxygen atoms in total. The second-order valence-corrected chi connectivity index (χ2v) is 9.06. The molecule has 0 amide bonds. The van der Waals surface area contributed by atoms with Crippen LogP contribution in [0.5, 0.6) is 0 Å². The Morgan fingerprint density at radius 3 is 2.60 bits per heavy atom. The van der Waals surface area contributed by atoms with E-state index < -0.39 is 9.84 Å². The highest BCUT2D eigenvalue weighted by Crippen LogP contribution is 2.29. The summed E-state index contributed by atoms with van der Waals surface area (Å²) in [5, 5.41) is 16.9. The van der Waals surface area contributed by atoms with Crippen LogP contribution in [0.1, 0.15) is 24.0 Å². The van der Waals surface area contributed by atoms with Gasteiger partial charge in [-0.3, -0.25) is 4.68 Å². The first-order chi connectivity index (χ1) is 11.8. The molecule has 0 unspecified atom stereocenters. The molecule has 25 heavy (non-hydrogen) atoms.